The standard InChI is InChI=1S/C46H46N4O8S2/c1-6-57-44(54)38-35-23-24-50(45(55)58-46(2,3)4)28-37(35)60-43(38)49-42(53)39(30-16-9-7-10-17-30)59-34-22-14-20-32(27-34)47-41(52)36(26-29-15-13-21-33(25-29)56-5)48-40(51)31-18-11-8-12-19-31/h7-22,25-27,39H,6,23-24,28H2,1-5H3,(H,47,52)(H,48,51)(H,49,53)/b36-26-. The Kier molecular flexibility index (Phi) is 14.1. The molecule has 0 bridgehead atoms. The number of methoxy groups -OCH3 is 1. The third kappa shape index (κ3) is 11.2. The zero-order chi connectivity index (χ0) is 42.8. The van der Waals surface area contributed by atoms with Gasteiger partial charge in [0, 0.05) is 27.6 Å². The van der Waals surface area contributed by atoms with E-state index in [2.05, 4.69) is 16.0 Å². The van der Waals surface area contributed by atoms with Crippen LogP contribution < -0.4 is 20.7 Å². The van der Waals surface area contributed by atoms with E-state index in [1.165, 1.54) is 23.1 Å². The first kappa shape index (κ1) is 43.2. The zero-order valence-electron chi connectivity index (χ0n) is 33.9. The second-order valence-corrected chi connectivity index (χ2v) is 16.9. The summed E-state index contributed by atoms with van der Waals surface area (Å²) in [7, 11) is 1.54. The molecule has 310 valence electrons. The van der Waals surface area contributed by atoms with E-state index in [9.17, 15) is 24.0 Å². The fraction of sp³-hybridized carbons (Fsp3) is 0.239. The number of anilines is 2. The summed E-state index contributed by atoms with van der Waals surface area (Å²) in [5.74, 6) is -1.39. The lowest BCUT2D eigenvalue weighted by Gasteiger charge is -2.30. The molecule has 0 aliphatic carbocycles. The van der Waals surface area contributed by atoms with Crippen LogP contribution in [0.25, 0.3) is 6.08 Å². The summed E-state index contributed by atoms with van der Waals surface area (Å²) in [6.45, 7) is 7.84. The van der Waals surface area contributed by atoms with E-state index in [4.69, 9.17) is 14.2 Å². The average Bonchev–Trinajstić information content (AvgIpc) is 3.60. The molecule has 2 heterocycles. The van der Waals surface area contributed by atoms with Crippen LogP contribution in [0.3, 0.4) is 0 Å². The summed E-state index contributed by atoms with van der Waals surface area (Å²) in [5.41, 5.74) is 2.49. The predicted molar refractivity (Wildman–Crippen MR) is 234 cm³/mol. The van der Waals surface area contributed by atoms with Crippen LogP contribution in [0.1, 0.15) is 75.2 Å². The van der Waals surface area contributed by atoms with Gasteiger partial charge < -0.3 is 35.1 Å². The molecule has 1 aliphatic heterocycles. The Morgan fingerprint density at radius 1 is 0.883 bits per heavy atom. The molecular weight excluding hydrogens is 801 g/mol. The molecule has 1 unspecified atom stereocenters. The normalized spacial score (nSPS) is 13.0. The van der Waals surface area contributed by atoms with Gasteiger partial charge in [-0.3, -0.25) is 14.4 Å². The molecule has 14 heteroatoms. The number of thiophene rings is 1. The summed E-state index contributed by atoms with van der Waals surface area (Å²) in [5, 5.41) is 8.23. The topological polar surface area (TPSA) is 152 Å². The van der Waals surface area contributed by atoms with Crippen LogP contribution in [-0.4, -0.2) is 60.5 Å². The highest BCUT2D eigenvalue weighted by Crippen LogP contribution is 2.41. The van der Waals surface area contributed by atoms with Crippen LogP contribution in [-0.2, 0) is 32.0 Å². The summed E-state index contributed by atoms with van der Waals surface area (Å²) in [4.78, 5) is 70.9. The molecular formula is C46H46N4O8S2. The van der Waals surface area contributed by atoms with Crippen molar-refractivity contribution in [2.24, 2.45) is 0 Å². The number of thioether (sulfide) groups is 1. The Bertz CT molecular complexity index is 2390. The number of fused-ring (bicyclic) bond motifs is 1. The van der Waals surface area contributed by atoms with Gasteiger partial charge in [-0.1, -0.05) is 66.7 Å². The van der Waals surface area contributed by atoms with Gasteiger partial charge in [-0.25, -0.2) is 9.59 Å². The minimum atomic E-state index is -0.793. The molecule has 3 N–H and O–H groups in total. The van der Waals surface area contributed by atoms with Gasteiger partial charge in [0.1, 0.15) is 27.3 Å². The van der Waals surface area contributed by atoms with Gasteiger partial charge in [-0.2, -0.15) is 0 Å². The fourth-order valence-electron chi connectivity index (χ4n) is 6.29. The molecule has 60 heavy (non-hydrogen) atoms. The van der Waals surface area contributed by atoms with Crippen molar-refractivity contribution in [2.75, 3.05) is 30.9 Å². The molecule has 6 rings (SSSR count). The van der Waals surface area contributed by atoms with Gasteiger partial charge in [0.2, 0.25) is 5.91 Å². The SMILES string of the molecule is CCOC(=O)c1c(NC(=O)C(Sc2cccc(NC(=O)/C(=C/c3cccc(OC)c3)NC(=O)c3ccccc3)c2)c2ccccc2)sc2c1CCN(C(=O)OC(C)(C)C)C2. The summed E-state index contributed by atoms with van der Waals surface area (Å²) in [6, 6.07) is 31.9. The van der Waals surface area contributed by atoms with Crippen LogP contribution in [0, 0.1) is 0 Å². The smallest absolute Gasteiger partial charge is 0.410 e. The molecule has 12 nitrogen and oxygen atoms in total. The Morgan fingerprint density at radius 3 is 2.30 bits per heavy atom. The quantitative estimate of drug-likeness (QED) is 0.0599. The Labute approximate surface area is 357 Å². The van der Waals surface area contributed by atoms with E-state index in [0.29, 0.717) is 51.0 Å². The molecule has 1 aromatic heterocycles. The van der Waals surface area contributed by atoms with E-state index < -0.39 is 34.7 Å². The lowest BCUT2D eigenvalue weighted by atomic mass is 10.0. The van der Waals surface area contributed by atoms with E-state index in [0.717, 1.165) is 10.4 Å². The number of esters is 1. The summed E-state index contributed by atoms with van der Waals surface area (Å²) >= 11 is 2.50. The minimum Gasteiger partial charge on any atom is -0.497 e. The number of carbonyl (C=O) groups is 5. The predicted octanol–water partition coefficient (Wildman–Crippen LogP) is 9.11. The van der Waals surface area contributed by atoms with Gasteiger partial charge in [-0.05, 0) is 99.3 Å². The van der Waals surface area contributed by atoms with Crippen molar-refractivity contribution in [3.05, 3.63) is 148 Å². The van der Waals surface area contributed by atoms with Gasteiger partial charge in [0.25, 0.3) is 11.8 Å². The second-order valence-electron chi connectivity index (χ2n) is 14.6. The highest BCUT2D eigenvalue weighted by Gasteiger charge is 2.34. The monoisotopic (exact) mass is 846 g/mol. The summed E-state index contributed by atoms with van der Waals surface area (Å²) < 4.78 is 16.4. The molecule has 0 radical (unpaired) electrons. The molecule has 0 saturated carbocycles. The minimum absolute atomic E-state index is 0.00182. The van der Waals surface area contributed by atoms with Crippen LogP contribution in [0.15, 0.2) is 120 Å². The number of benzene rings is 4. The lowest BCUT2D eigenvalue weighted by molar-refractivity contribution is -0.116. The first-order valence-electron chi connectivity index (χ1n) is 19.3. The number of ether oxygens (including phenoxy) is 3. The van der Waals surface area contributed by atoms with E-state index in [1.54, 1.807) is 119 Å². The van der Waals surface area contributed by atoms with E-state index in [-0.39, 0.29) is 30.3 Å². The lowest BCUT2D eigenvalue weighted by Crippen LogP contribution is -2.39. The number of rotatable bonds is 13. The number of carbonyl (C=O) groups excluding carboxylic acids is 5. The molecule has 1 atom stereocenters. The van der Waals surface area contributed by atoms with Crippen molar-refractivity contribution in [3.8, 4) is 5.75 Å². The maximum Gasteiger partial charge on any atom is 0.410 e. The van der Waals surface area contributed by atoms with Gasteiger partial charge >= 0.3 is 12.1 Å². The van der Waals surface area contributed by atoms with Crippen molar-refractivity contribution >= 4 is 69.6 Å². The van der Waals surface area contributed by atoms with E-state index >= 15 is 0 Å². The van der Waals surface area contributed by atoms with Crippen LogP contribution in [0.5, 0.6) is 5.75 Å². The van der Waals surface area contributed by atoms with Crippen molar-refractivity contribution in [2.45, 2.75) is 56.4 Å². The number of amides is 4. The molecule has 1 aliphatic rings. The Morgan fingerprint density at radius 2 is 1.60 bits per heavy atom. The maximum atomic E-state index is 14.4. The Hall–Kier alpha value is -6.38. The molecule has 4 aromatic carbocycles. The number of nitrogens with zero attached hydrogens (tertiary/aromatic N) is 1. The van der Waals surface area contributed by atoms with Crippen molar-refractivity contribution in [1.82, 2.24) is 10.2 Å². The van der Waals surface area contributed by atoms with Crippen LogP contribution in [0.2, 0.25) is 0 Å². The number of hydrogen-bond donors (Lipinski definition) is 3. The van der Waals surface area contributed by atoms with Gasteiger partial charge in [0.05, 0.1) is 25.8 Å². The third-order valence-corrected chi connectivity index (χ3v) is 11.4. The highest BCUT2D eigenvalue weighted by molar-refractivity contribution is 8.00. The van der Waals surface area contributed by atoms with Crippen LogP contribution in [0.4, 0.5) is 15.5 Å². The largest absolute Gasteiger partial charge is 0.497 e. The van der Waals surface area contributed by atoms with Crippen molar-refractivity contribution < 1.29 is 38.2 Å². The van der Waals surface area contributed by atoms with Gasteiger partial charge in [-0.15, -0.1) is 23.1 Å². The van der Waals surface area contributed by atoms with E-state index in [1.807, 2.05) is 36.4 Å². The second kappa shape index (κ2) is 19.6. The maximum absolute atomic E-state index is 14.4. The molecule has 0 fully saturated rings. The molecule has 4 amide bonds. The van der Waals surface area contributed by atoms with Crippen molar-refractivity contribution in [1.29, 1.82) is 0 Å². The first-order valence-corrected chi connectivity index (χ1v) is 21.0. The summed E-state index contributed by atoms with van der Waals surface area (Å²) in [6.07, 6.45) is 1.50. The molecule has 5 aromatic rings. The Balaban J connectivity index is 1.25. The molecule has 0 saturated heterocycles. The highest BCUT2D eigenvalue weighted by atomic mass is 32.2. The fourth-order valence-corrected chi connectivity index (χ4v) is 8.63. The van der Waals surface area contributed by atoms with Gasteiger partial charge in [0.15, 0.2) is 0 Å². The first-order chi connectivity index (χ1) is 28.8. The number of hydrogen-bond acceptors (Lipinski definition) is 10. The zero-order valence-corrected chi connectivity index (χ0v) is 35.5. The number of nitrogens with one attached hydrogen (secondary N) is 3. The molecule has 0 spiro atoms. The average molecular weight is 847 g/mol. The third-order valence-electron chi connectivity index (χ3n) is 9.04. The van der Waals surface area contributed by atoms with Crippen LogP contribution >= 0.6 is 23.1 Å². The van der Waals surface area contributed by atoms with Crippen molar-refractivity contribution in [3.63, 3.8) is 0 Å².